The first-order chi connectivity index (χ1) is 15.0. The third-order valence-corrected chi connectivity index (χ3v) is 5.51. The summed E-state index contributed by atoms with van der Waals surface area (Å²) in [5.74, 6) is 0.809. The molecule has 5 rings (SSSR count). The highest BCUT2D eigenvalue weighted by Crippen LogP contribution is 2.34. The largest absolute Gasteiger partial charge is 0.378 e. The van der Waals surface area contributed by atoms with E-state index in [9.17, 15) is 14.0 Å². The predicted molar refractivity (Wildman–Crippen MR) is 103 cm³/mol. The number of nitrogens with one attached hydrogen (secondary N) is 1. The minimum absolute atomic E-state index is 0.381. The van der Waals surface area contributed by atoms with E-state index in [-0.39, 0.29) is 0 Å². The Labute approximate surface area is 180 Å². The lowest BCUT2D eigenvalue weighted by molar-refractivity contribution is -1.92. The van der Waals surface area contributed by atoms with Crippen molar-refractivity contribution in [3.05, 3.63) is 78.2 Å². The van der Waals surface area contributed by atoms with Crippen molar-refractivity contribution < 1.29 is 38.0 Å². The molecule has 0 spiro atoms. The minimum Gasteiger partial charge on any atom is -0.378 e. The number of aromatic nitrogens is 1. The van der Waals surface area contributed by atoms with E-state index < -0.39 is 10.2 Å². The van der Waals surface area contributed by atoms with E-state index >= 15 is 0 Å². The molecular formula is C21H20ClN4O5+. The summed E-state index contributed by atoms with van der Waals surface area (Å²) in [7, 11) is -4.76. The van der Waals surface area contributed by atoms with Crippen LogP contribution < -0.4 is 29.1 Å². The maximum atomic E-state index is 11.8. The predicted octanol–water partition coefficient (Wildman–Crippen LogP) is -1.02. The number of pyridine rings is 1. The van der Waals surface area contributed by atoms with Gasteiger partial charge in [0.1, 0.15) is 16.4 Å². The quantitative estimate of drug-likeness (QED) is 0.510. The van der Waals surface area contributed by atoms with Crippen molar-refractivity contribution in [3.8, 4) is 0 Å². The summed E-state index contributed by atoms with van der Waals surface area (Å²) in [6, 6.07) is 18.8. The van der Waals surface area contributed by atoms with Crippen LogP contribution in [0.4, 0.5) is 5.82 Å². The number of hydrogen-bond donors (Lipinski definition) is 1. The fourth-order valence-corrected chi connectivity index (χ4v) is 4.18. The normalized spacial score (nSPS) is 17.0. The Hall–Kier alpha value is -2.92. The number of hydrogen-bond acceptors (Lipinski definition) is 8. The van der Waals surface area contributed by atoms with Crippen LogP contribution in [0.25, 0.3) is 16.5 Å². The fourth-order valence-electron chi connectivity index (χ4n) is 3.88. The van der Waals surface area contributed by atoms with Gasteiger partial charge in [0.15, 0.2) is 5.70 Å². The van der Waals surface area contributed by atoms with Crippen molar-refractivity contribution in [1.29, 1.82) is 0 Å². The van der Waals surface area contributed by atoms with Crippen LogP contribution in [0.15, 0.2) is 72.7 Å². The molecule has 1 saturated heterocycles. The molecule has 0 saturated carbocycles. The summed E-state index contributed by atoms with van der Waals surface area (Å²) in [6.45, 7) is 1.95. The molecule has 0 atom stereocenters. The van der Waals surface area contributed by atoms with Crippen LogP contribution in [0.2, 0.25) is 0 Å². The molecule has 0 unspecified atom stereocenters. The third kappa shape index (κ3) is 3.90. The van der Waals surface area contributed by atoms with E-state index in [4.69, 9.17) is 9.13 Å². The Kier molecular flexibility index (Phi) is 5.14. The summed E-state index contributed by atoms with van der Waals surface area (Å²) >= 11 is 0. The van der Waals surface area contributed by atoms with Gasteiger partial charge in [-0.3, -0.25) is 0 Å². The lowest BCUT2D eigenvalue weighted by Gasteiger charge is -2.34. The maximum Gasteiger partial charge on any atom is 0.361 e. The van der Waals surface area contributed by atoms with Gasteiger partial charge < -0.3 is 9.64 Å². The first kappa shape index (κ1) is 20.0. The molecule has 2 aliphatic heterocycles. The summed E-state index contributed by atoms with van der Waals surface area (Å²) in [5.41, 5.74) is 4.78. The van der Waals surface area contributed by atoms with E-state index in [1.165, 1.54) is 0 Å². The zero-order chi connectivity index (χ0) is 21.4. The van der Waals surface area contributed by atoms with Gasteiger partial charge in [-0.1, -0.05) is 48.5 Å². The van der Waals surface area contributed by atoms with Crippen molar-refractivity contribution in [2.75, 3.05) is 36.8 Å². The third-order valence-electron chi connectivity index (χ3n) is 5.20. The number of benzene rings is 2. The number of ether oxygens (including phenoxy) is 1. The molecule has 9 nitrogen and oxygen atoms in total. The molecule has 0 bridgehead atoms. The Bertz CT molecular complexity index is 1130. The number of rotatable bonds is 4. The number of fused-ring (bicyclic) bond motifs is 3. The SMILES string of the molecule is [O-][Cl+3]([O-])([O-])ON1C(N2CCOCC2)=C(c2ccccc2)N[n+]2ccc3ccccc3c21. The number of halogens is 1. The maximum absolute atomic E-state index is 11.8. The van der Waals surface area contributed by atoms with Crippen LogP contribution in [-0.2, 0) is 9.13 Å². The number of anilines is 1. The standard InChI is InChI=1S/C21H20ClN4O5/c27-22(28,29)31-26-20-18-9-5-4-6-16(18)10-11-25(20)23-19(17-7-2-1-3-8-17)21(26)24-12-14-30-15-13-24/h1-11,23H,12-15H2/q+1. The van der Waals surface area contributed by atoms with Crippen LogP contribution >= 0.6 is 0 Å². The lowest BCUT2D eigenvalue weighted by Crippen LogP contribution is -2.66. The van der Waals surface area contributed by atoms with Crippen molar-refractivity contribution in [2.24, 2.45) is 0 Å². The topological polar surface area (TPSA) is 110 Å². The molecule has 0 aliphatic carbocycles. The summed E-state index contributed by atoms with van der Waals surface area (Å²) in [4.78, 5) is 1.95. The van der Waals surface area contributed by atoms with Crippen LogP contribution in [0.1, 0.15) is 5.56 Å². The molecule has 1 aromatic heterocycles. The summed E-state index contributed by atoms with van der Waals surface area (Å²) in [5, 5.41) is 2.69. The van der Waals surface area contributed by atoms with Gasteiger partial charge in [0, 0.05) is 18.7 Å². The van der Waals surface area contributed by atoms with Gasteiger partial charge in [0.2, 0.25) is 0 Å². The van der Waals surface area contributed by atoms with Gasteiger partial charge in [0.05, 0.1) is 23.7 Å². The Morgan fingerprint density at radius 1 is 0.935 bits per heavy atom. The molecule has 3 aromatic rings. The van der Waals surface area contributed by atoms with Crippen molar-refractivity contribution in [3.63, 3.8) is 0 Å². The minimum atomic E-state index is -4.76. The molecule has 2 aromatic carbocycles. The van der Waals surface area contributed by atoms with E-state index in [1.54, 1.807) is 10.9 Å². The van der Waals surface area contributed by atoms with E-state index in [1.807, 2.05) is 65.6 Å². The lowest BCUT2D eigenvalue weighted by atomic mass is 10.1. The summed E-state index contributed by atoms with van der Waals surface area (Å²) < 4.78 is 47.5. The van der Waals surface area contributed by atoms with Gasteiger partial charge in [-0.25, -0.2) is 5.43 Å². The molecule has 31 heavy (non-hydrogen) atoms. The summed E-state index contributed by atoms with van der Waals surface area (Å²) in [6.07, 6.45) is 1.77. The first-order valence-electron chi connectivity index (χ1n) is 9.75. The molecule has 1 fully saturated rings. The zero-order valence-corrected chi connectivity index (χ0v) is 17.2. The number of hydroxylamine groups is 1. The molecule has 0 radical (unpaired) electrons. The van der Waals surface area contributed by atoms with Gasteiger partial charge in [-0.15, -0.1) is 4.68 Å². The second-order valence-corrected chi connectivity index (χ2v) is 8.01. The molecule has 160 valence electrons. The van der Waals surface area contributed by atoms with Crippen molar-refractivity contribution in [2.45, 2.75) is 0 Å². The van der Waals surface area contributed by atoms with Gasteiger partial charge in [0.25, 0.3) is 10.2 Å². The molecule has 10 heteroatoms. The van der Waals surface area contributed by atoms with Crippen LogP contribution in [0.3, 0.4) is 0 Å². The zero-order valence-electron chi connectivity index (χ0n) is 16.4. The molecule has 2 aliphatic rings. The van der Waals surface area contributed by atoms with Crippen LogP contribution in [-0.4, -0.2) is 31.2 Å². The monoisotopic (exact) mass is 443 g/mol. The Morgan fingerprint density at radius 3 is 2.39 bits per heavy atom. The van der Waals surface area contributed by atoms with Crippen molar-refractivity contribution in [1.82, 2.24) is 4.90 Å². The van der Waals surface area contributed by atoms with Crippen LogP contribution in [0, 0.1) is 10.2 Å². The van der Waals surface area contributed by atoms with Gasteiger partial charge in [-0.05, 0) is 17.5 Å². The highest BCUT2D eigenvalue weighted by molar-refractivity contribution is 5.92. The molecular weight excluding hydrogens is 424 g/mol. The highest BCUT2D eigenvalue weighted by atomic mass is 35.7. The van der Waals surface area contributed by atoms with Crippen LogP contribution in [0.5, 0.6) is 0 Å². The van der Waals surface area contributed by atoms with E-state index in [0.717, 1.165) is 16.0 Å². The van der Waals surface area contributed by atoms with E-state index in [0.29, 0.717) is 49.0 Å². The smallest absolute Gasteiger partial charge is 0.361 e. The van der Waals surface area contributed by atoms with E-state index in [2.05, 4.69) is 5.43 Å². The van der Waals surface area contributed by atoms with Gasteiger partial charge in [-0.2, -0.15) is 14.0 Å². The number of morpholine rings is 1. The molecule has 3 heterocycles. The van der Waals surface area contributed by atoms with Crippen molar-refractivity contribution >= 4 is 22.3 Å². The average Bonchev–Trinajstić information content (AvgIpc) is 2.78. The average molecular weight is 444 g/mol. The highest BCUT2D eigenvalue weighted by Gasteiger charge is 2.49. The molecule has 0 amide bonds. The fraction of sp³-hybridized carbons (Fsp3) is 0.190. The number of nitrogens with zero attached hydrogens (tertiary/aromatic N) is 3. The molecule has 1 N–H and O–H groups in total. The Morgan fingerprint density at radius 2 is 1.65 bits per heavy atom. The second-order valence-electron chi connectivity index (χ2n) is 7.11. The van der Waals surface area contributed by atoms with Gasteiger partial charge >= 0.3 is 5.82 Å². The first-order valence-corrected chi connectivity index (χ1v) is 11.0. The second kappa shape index (κ2) is 7.97. The Balaban J connectivity index is 1.77.